The molecule has 2 heterocycles. The molecule has 0 spiro atoms. The number of pyridine rings is 1. The molecular weight excluding hydrogens is 300 g/mol. The quantitative estimate of drug-likeness (QED) is 0.843. The Morgan fingerprint density at radius 1 is 1.00 bits per heavy atom. The van der Waals surface area contributed by atoms with Crippen LogP contribution in [-0.4, -0.2) is 23.0 Å². The maximum absolute atomic E-state index is 4.46. The molecule has 1 aliphatic heterocycles. The van der Waals surface area contributed by atoms with Crippen LogP contribution in [0.4, 0.5) is 0 Å². The van der Waals surface area contributed by atoms with Crippen molar-refractivity contribution in [2.75, 3.05) is 13.1 Å². The van der Waals surface area contributed by atoms with Gasteiger partial charge in [-0.1, -0.05) is 24.3 Å². The van der Waals surface area contributed by atoms with E-state index in [0.29, 0.717) is 0 Å². The van der Waals surface area contributed by atoms with Crippen LogP contribution in [0.25, 0.3) is 0 Å². The van der Waals surface area contributed by atoms with E-state index in [0.717, 1.165) is 42.6 Å². The Morgan fingerprint density at radius 3 is 2.26 bits per heavy atom. The van der Waals surface area contributed by atoms with Crippen molar-refractivity contribution < 1.29 is 0 Å². The van der Waals surface area contributed by atoms with Crippen LogP contribution in [0.2, 0.25) is 0 Å². The van der Waals surface area contributed by atoms with Crippen LogP contribution in [0.5, 0.6) is 0 Å². The summed E-state index contributed by atoms with van der Waals surface area (Å²) in [6.07, 6.45) is 4.17. The van der Waals surface area contributed by atoms with Gasteiger partial charge in [-0.25, -0.2) is 0 Å². The SMILES string of the molecule is Brc1ccc(CN2CCc3ccccc3CC2)nc1. The second-order valence-corrected chi connectivity index (χ2v) is 5.93. The van der Waals surface area contributed by atoms with Crippen molar-refractivity contribution in [1.82, 2.24) is 9.88 Å². The Bertz CT molecular complexity index is 524. The normalized spacial score (nSPS) is 15.8. The second kappa shape index (κ2) is 5.85. The minimum atomic E-state index is 0.946. The number of rotatable bonds is 2. The molecule has 2 nitrogen and oxygen atoms in total. The number of aromatic nitrogens is 1. The fraction of sp³-hybridized carbons (Fsp3) is 0.312. The van der Waals surface area contributed by atoms with Gasteiger partial charge in [0.2, 0.25) is 0 Å². The highest BCUT2D eigenvalue weighted by molar-refractivity contribution is 9.10. The summed E-state index contributed by atoms with van der Waals surface area (Å²) in [5, 5.41) is 0. The van der Waals surface area contributed by atoms with Gasteiger partial charge in [0, 0.05) is 30.3 Å². The summed E-state index contributed by atoms with van der Waals surface area (Å²) in [6, 6.07) is 13.0. The van der Waals surface area contributed by atoms with Gasteiger partial charge in [0.25, 0.3) is 0 Å². The summed E-state index contributed by atoms with van der Waals surface area (Å²) in [4.78, 5) is 6.96. The zero-order valence-electron chi connectivity index (χ0n) is 10.8. The van der Waals surface area contributed by atoms with Crippen LogP contribution in [-0.2, 0) is 19.4 Å². The molecule has 1 aromatic carbocycles. The minimum absolute atomic E-state index is 0.946. The molecule has 2 aromatic rings. The zero-order valence-corrected chi connectivity index (χ0v) is 12.4. The van der Waals surface area contributed by atoms with E-state index in [1.165, 1.54) is 11.1 Å². The Kier molecular flexibility index (Phi) is 3.95. The molecule has 19 heavy (non-hydrogen) atoms. The largest absolute Gasteiger partial charge is 0.297 e. The van der Waals surface area contributed by atoms with E-state index in [1.807, 2.05) is 6.20 Å². The summed E-state index contributed by atoms with van der Waals surface area (Å²) >= 11 is 3.43. The molecule has 0 saturated carbocycles. The van der Waals surface area contributed by atoms with Crippen molar-refractivity contribution in [1.29, 1.82) is 0 Å². The van der Waals surface area contributed by atoms with Crippen molar-refractivity contribution in [2.45, 2.75) is 19.4 Å². The van der Waals surface area contributed by atoms with Crippen LogP contribution >= 0.6 is 15.9 Å². The van der Waals surface area contributed by atoms with E-state index in [4.69, 9.17) is 0 Å². The standard InChI is InChI=1S/C16H17BrN2/c17-15-5-6-16(18-11-15)12-19-9-7-13-3-1-2-4-14(13)8-10-19/h1-6,11H,7-10,12H2. The van der Waals surface area contributed by atoms with Gasteiger partial charge in [0.1, 0.15) is 0 Å². The van der Waals surface area contributed by atoms with Gasteiger partial charge >= 0.3 is 0 Å². The van der Waals surface area contributed by atoms with E-state index in [-0.39, 0.29) is 0 Å². The average molecular weight is 317 g/mol. The highest BCUT2D eigenvalue weighted by Crippen LogP contribution is 2.17. The highest BCUT2D eigenvalue weighted by atomic mass is 79.9. The molecule has 1 aromatic heterocycles. The Balaban J connectivity index is 1.67. The first-order chi connectivity index (χ1) is 9.31. The van der Waals surface area contributed by atoms with Gasteiger partial charge < -0.3 is 0 Å². The van der Waals surface area contributed by atoms with Gasteiger partial charge in [-0.05, 0) is 52.0 Å². The molecule has 0 fully saturated rings. The molecule has 0 unspecified atom stereocenters. The average Bonchev–Trinajstić information content (AvgIpc) is 2.64. The molecule has 98 valence electrons. The summed E-state index contributed by atoms with van der Waals surface area (Å²) < 4.78 is 1.04. The van der Waals surface area contributed by atoms with E-state index < -0.39 is 0 Å². The van der Waals surface area contributed by atoms with Crippen LogP contribution in [0.1, 0.15) is 16.8 Å². The number of hydrogen-bond acceptors (Lipinski definition) is 2. The molecule has 3 heteroatoms. The third kappa shape index (κ3) is 3.23. The van der Waals surface area contributed by atoms with Gasteiger partial charge in [-0.15, -0.1) is 0 Å². The monoisotopic (exact) mass is 316 g/mol. The summed E-state index contributed by atoms with van der Waals surface area (Å²) in [6.45, 7) is 3.19. The first-order valence-electron chi connectivity index (χ1n) is 6.71. The van der Waals surface area contributed by atoms with E-state index >= 15 is 0 Å². The van der Waals surface area contributed by atoms with Crippen molar-refractivity contribution in [3.8, 4) is 0 Å². The summed E-state index contributed by atoms with van der Waals surface area (Å²) in [7, 11) is 0. The Morgan fingerprint density at radius 2 is 1.68 bits per heavy atom. The first-order valence-corrected chi connectivity index (χ1v) is 7.50. The fourth-order valence-electron chi connectivity index (χ4n) is 2.60. The first kappa shape index (κ1) is 12.8. The lowest BCUT2D eigenvalue weighted by Crippen LogP contribution is -2.26. The molecule has 0 aliphatic carbocycles. The minimum Gasteiger partial charge on any atom is -0.297 e. The van der Waals surface area contributed by atoms with E-state index in [2.05, 4.69) is 62.2 Å². The number of nitrogens with zero attached hydrogens (tertiary/aromatic N) is 2. The number of benzene rings is 1. The third-order valence-electron chi connectivity index (χ3n) is 3.69. The molecule has 0 radical (unpaired) electrons. The highest BCUT2D eigenvalue weighted by Gasteiger charge is 2.13. The maximum atomic E-state index is 4.46. The van der Waals surface area contributed by atoms with Gasteiger partial charge in [0.15, 0.2) is 0 Å². The molecule has 1 aliphatic rings. The lowest BCUT2D eigenvalue weighted by Gasteiger charge is -2.19. The van der Waals surface area contributed by atoms with Crippen molar-refractivity contribution >= 4 is 15.9 Å². The van der Waals surface area contributed by atoms with Gasteiger partial charge in [-0.2, -0.15) is 0 Å². The van der Waals surface area contributed by atoms with Crippen molar-refractivity contribution in [3.63, 3.8) is 0 Å². The molecule has 0 bridgehead atoms. The zero-order chi connectivity index (χ0) is 13.1. The van der Waals surface area contributed by atoms with E-state index in [9.17, 15) is 0 Å². The number of hydrogen-bond donors (Lipinski definition) is 0. The van der Waals surface area contributed by atoms with Crippen molar-refractivity contribution in [3.05, 3.63) is 63.9 Å². The lowest BCUT2D eigenvalue weighted by molar-refractivity contribution is 0.276. The van der Waals surface area contributed by atoms with Crippen LogP contribution in [0, 0.1) is 0 Å². The van der Waals surface area contributed by atoms with Gasteiger partial charge in [0.05, 0.1) is 5.69 Å². The molecule has 0 amide bonds. The van der Waals surface area contributed by atoms with Crippen LogP contribution in [0.3, 0.4) is 0 Å². The van der Waals surface area contributed by atoms with E-state index in [1.54, 1.807) is 0 Å². The third-order valence-corrected chi connectivity index (χ3v) is 4.16. The predicted molar refractivity (Wildman–Crippen MR) is 81.1 cm³/mol. The summed E-state index contributed by atoms with van der Waals surface area (Å²) in [5.41, 5.74) is 4.16. The topological polar surface area (TPSA) is 16.1 Å². The lowest BCUT2D eigenvalue weighted by atomic mass is 10.0. The van der Waals surface area contributed by atoms with Crippen molar-refractivity contribution in [2.24, 2.45) is 0 Å². The summed E-state index contributed by atoms with van der Waals surface area (Å²) in [5.74, 6) is 0. The fourth-order valence-corrected chi connectivity index (χ4v) is 2.84. The number of fused-ring (bicyclic) bond motifs is 1. The molecule has 0 atom stereocenters. The smallest absolute Gasteiger partial charge is 0.0544 e. The Hall–Kier alpha value is -1.19. The second-order valence-electron chi connectivity index (χ2n) is 5.01. The van der Waals surface area contributed by atoms with Crippen LogP contribution < -0.4 is 0 Å². The maximum Gasteiger partial charge on any atom is 0.0544 e. The van der Waals surface area contributed by atoms with Gasteiger partial charge in [-0.3, -0.25) is 9.88 Å². The molecule has 0 saturated heterocycles. The predicted octanol–water partition coefficient (Wildman–Crippen LogP) is 3.44. The number of halogens is 1. The van der Waals surface area contributed by atoms with Crippen LogP contribution in [0.15, 0.2) is 47.1 Å². The molecule has 3 rings (SSSR count). The molecular formula is C16H17BrN2. The molecule has 0 N–H and O–H groups in total. The Labute approximate surface area is 122 Å².